The Morgan fingerprint density at radius 3 is 2.15 bits per heavy atom. The largest absolute Gasteiger partial charge is 0.452 e. The summed E-state index contributed by atoms with van der Waals surface area (Å²) in [5, 5.41) is 2.41. The smallest absolute Gasteiger partial charge is 0.428 e. The number of rotatable bonds is 3. The van der Waals surface area contributed by atoms with Crippen molar-refractivity contribution in [2.24, 2.45) is 0 Å². The summed E-state index contributed by atoms with van der Waals surface area (Å²) < 4.78 is 9.55. The van der Waals surface area contributed by atoms with Crippen LogP contribution in [-0.2, 0) is 14.3 Å². The number of carbonyl (C=O) groups excluding carboxylic acids is 2. The Bertz CT molecular complexity index is 482. The third kappa shape index (κ3) is 3.27. The molecule has 0 aliphatic rings. The van der Waals surface area contributed by atoms with Crippen LogP contribution in [0.5, 0.6) is 0 Å². The minimum atomic E-state index is -0.628. The standard InChI is InChI=1S/C14H20N2O4/c1-10-7-6-8-11(2)13(10)16(12(17)9-19-4)15(3)14(18)20-5/h6-8H,9H2,1-5H3. The van der Waals surface area contributed by atoms with Gasteiger partial charge in [0.05, 0.1) is 12.8 Å². The van der Waals surface area contributed by atoms with Gasteiger partial charge in [0.2, 0.25) is 0 Å². The third-order valence-corrected chi connectivity index (χ3v) is 2.89. The van der Waals surface area contributed by atoms with Gasteiger partial charge in [0.1, 0.15) is 6.61 Å². The molecule has 0 radical (unpaired) electrons. The summed E-state index contributed by atoms with van der Waals surface area (Å²) in [6.07, 6.45) is -0.628. The molecule has 0 heterocycles. The lowest BCUT2D eigenvalue weighted by atomic mass is 10.1. The molecule has 0 bridgehead atoms. The highest BCUT2D eigenvalue weighted by Gasteiger charge is 2.27. The van der Waals surface area contributed by atoms with Gasteiger partial charge in [-0.15, -0.1) is 0 Å². The van der Waals surface area contributed by atoms with Gasteiger partial charge in [-0.05, 0) is 25.0 Å². The zero-order chi connectivity index (χ0) is 15.3. The molecular formula is C14H20N2O4. The van der Waals surface area contributed by atoms with E-state index in [1.54, 1.807) is 0 Å². The van der Waals surface area contributed by atoms with Crippen LogP contribution < -0.4 is 5.01 Å². The van der Waals surface area contributed by atoms with Crippen molar-refractivity contribution in [1.82, 2.24) is 5.01 Å². The number of methoxy groups -OCH3 is 2. The maximum absolute atomic E-state index is 12.3. The van der Waals surface area contributed by atoms with Crippen molar-refractivity contribution in [3.63, 3.8) is 0 Å². The summed E-state index contributed by atoms with van der Waals surface area (Å²) >= 11 is 0. The second-order valence-corrected chi connectivity index (χ2v) is 4.37. The van der Waals surface area contributed by atoms with Crippen molar-refractivity contribution >= 4 is 17.7 Å². The fourth-order valence-electron chi connectivity index (χ4n) is 1.98. The van der Waals surface area contributed by atoms with Gasteiger partial charge in [-0.25, -0.2) is 14.8 Å². The lowest BCUT2D eigenvalue weighted by Gasteiger charge is -2.32. The first-order valence-electron chi connectivity index (χ1n) is 6.13. The fourth-order valence-corrected chi connectivity index (χ4v) is 1.98. The molecule has 110 valence electrons. The number of amides is 2. The quantitative estimate of drug-likeness (QED) is 0.793. The van der Waals surface area contributed by atoms with Gasteiger partial charge in [0.15, 0.2) is 0 Å². The van der Waals surface area contributed by atoms with E-state index in [-0.39, 0.29) is 12.5 Å². The first kappa shape index (κ1) is 16.0. The molecule has 0 spiro atoms. The molecular weight excluding hydrogens is 260 g/mol. The third-order valence-electron chi connectivity index (χ3n) is 2.89. The lowest BCUT2D eigenvalue weighted by Crippen LogP contribution is -2.49. The van der Waals surface area contributed by atoms with Crippen LogP contribution in [0.15, 0.2) is 18.2 Å². The van der Waals surface area contributed by atoms with Crippen molar-refractivity contribution in [3.8, 4) is 0 Å². The number of hydrazine groups is 1. The monoisotopic (exact) mass is 280 g/mol. The molecule has 1 aromatic rings. The zero-order valence-electron chi connectivity index (χ0n) is 12.5. The Morgan fingerprint density at radius 2 is 1.70 bits per heavy atom. The van der Waals surface area contributed by atoms with Crippen LogP contribution in [0, 0.1) is 13.8 Å². The van der Waals surface area contributed by atoms with Crippen molar-refractivity contribution in [2.75, 3.05) is 32.9 Å². The summed E-state index contributed by atoms with van der Waals surface area (Å²) in [5.74, 6) is -0.349. The Balaban J connectivity index is 3.30. The van der Waals surface area contributed by atoms with Crippen molar-refractivity contribution in [3.05, 3.63) is 29.3 Å². The molecule has 0 saturated carbocycles. The molecule has 6 nitrogen and oxygen atoms in total. The molecule has 0 aliphatic heterocycles. The molecule has 0 fully saturated rings. The van der Waals surface area contributed by atoms with Gasteiger partial charge >= 0.3 is 6.09 Å². The van der Waals surface area contributed by atoms with Gasteiger partial charge in [0.25, 0.3) is 5.91 Å². The fraction of sp³-hybridized carbons (Fsp3) is 0.429. The van der Waals surface area contributed by atoms with Gasteiger partial charge < -0.3 is 9.47 Å². The van der Waals surface area contributed by atoms with E-state index >= 15 is 0 Å². The number of hydrogen-bond acceptors (Lipinski definition) is 4. The highest BCUT2D eigenvalue weighted by Crippen LogP contribution is 2.26. The topological polar surface area (TPSA) is 59.1 Å². The first-order chi connectivity index (χ1) is 9.43. The SMILES string of the molecule is COCC(=O)N(c1c(C)cccc1C)N(C)C(=O)OC. The van der Waals surface area contributed by atoms with Crippen molar-refractivity contribution < 1.29 is 19.1 Å². The predicted molar refractivity (Wildman–Crippen MR) is 75.4 cm³/mol. The Kier molecular flexibility index (Phi) is 5.52. The van der Waals surface area contributed by atoms with Crippen LogP contribution in [-0.4, -0.2) is 44.9 Å². The predicted octanol–water partition coefficient (Wildman–Crippen LogP) is 1.90. The summed E-state index contributed by atoms with van der Waals surface area (Å²) in [4.78, 5) is 24.0. The number of hydrogen-bond donors (Lipinski definition) is 0. The van der Waals surface area contributed by atoms with Crippen LogP contribution >= 0.6 is 0 Å². The van der Waals surface area contributed by atoms with E-state index in [1.165, 1.54) is 26.3 Å². The van der Waals surface area contributed by atoms with Crippen molar-refractivity contribution in [2.45, 2.75) is 13.8 Å². The normalized spacial score (nSPS) is 10.1. The molecule has 1 aromatic carbocycles. The molecule has 0 saturated heterocycles. The van der Waals surface area contributed by atoms with Crippen LogP contribution in [0.3, 0.4) is 0 Å². The number of anilines is 1. The number of carbonyl (C=O) groups is 2. The van der Waals surface area contributed by atoms with Gasteiger partial charge in [-0.1, -0.05) is 18.2 Å². The number of para-hydroxylation sites is 1. The molecule has 0 atom stereocenters. The highest BCUT2D eigenvalue weighted by atomic mass is 16.5. The van der Waals surface area contributed by atoms with E-state index in [0.29, 0.717) is 5.69 Å². The second-order valence-electron chi connectivity index (χ2n) is 4.37. The average Bonchev–Trinajstić information content (AvgIpc) is 2.41. The Morgan fingerprint density at radius 1 is 1.15 bits per heavy atom. The second kappa shape index (κ2) is 6.91. The molecule has 6 heteroatoms. The number of aryl methyl sites for hydroxylation is 2. The summed E-state index contributed by atoms with van der Waals surface area (Å²) in [6.45, 7) is 3.62. The van der Waals surface area contributed by atoms with Crippen LogP contribution in [0.1, 0.15) is 11.1 Å². The van der Waals surface area contributed by atoms with Crippen LogP contribution in [0.4, 0.5) is 10.5 Å². The highest BCUT2D eigenvalue weighted by molar-refractivity contribution is 5.97. The van der Waals surface area contributed by atoms with Crippen molar-refractivity contribution in [1.29, 1.82) is 0 Å². The maximum atomic E-state index is 12.3. The molecule has 0 unspecified atom stereocenters. The molecule has 0 N–H and O–H groups in total. The number of benzene rings is 1. The van der Waals surface area contributed by atoms with E-state index in [9.17, 15) is 9.59 Å². The first-order valence-corrected chi connectivity index (χ1v) is 6.13. The van der Waals surface area contributed by atoms with Crippen LogP contribution in [0.2, 0.25) is 0 Å². The van der Waals surface area contributed by atoms with Gasteiger partial charge in [-0.2, -0.15) is 0 Å². The lowest BCUT2D eigenvalue weighted by molar-refractivity contribution is -0.124. The zero-order valence-corrected chi connectivity index (χ0v) is 12.5. The van der Waals surface area contributed by atoms with E-state index in [1.807, 2.05) is 32.0 Å². The Hall–Kier alpha value is -2.08. The minimum absolute atomic E-state index is 0.130. The molecule has 0 aliphatic carbocycles. The summed E-state index contributed by atoms with van der Waals surface area (Å²) in [5.41, 5.74) is 2.41. The van der Waals surface area contributed by atoms with Gasteiger partial charge in [-0.3, -0.25) is 4.79 Å². The molecule has 20 heavy (non-hydrogen) atoms. The van der Waals surface area contributed by atoms with E-state index in [0.717, 1.165) is 16.1 Å². The van der Waals surface area contributed by atoms with E-state index in [4.69, 9.17) is 4.74 Å². The molecule has 0 aromatic heterocycles. The van der Waals surface area contributed by atoms with E-state index < -0.39 is 6.09 Å². The van der Waals surface area contributed by atoms with Gasteiger partial charge in [0, 0.05) is 14.2 Å². The van der Waals surface area contributed by atoms with Crippen LogP contribution in [0.25, 0.3) is 0 Å². The number of ether oxygens (including phenoxy) is 2. The average molecular weight is 280 g/mol. The minimum Gasteiger partial charge on any atom is -0.452 e. The Labute approximate surface area is 118 Å². The summed E-state index contributed by atoms with van der Waals surface area (Å²) in [7, 11) is 4.17. The molecule has 2 amide bonds. The summed E-state index contributed by atoms with van der Waals surface area (Å²) in [6, 6.07) is 5.65. The maximum Gasteiger partial charge on any atom is 0.428 e. The van der Waals surface area contributed by atoms with E-state index in [2.05, 4.69) is 4.74 Å². The molecule has 1 rings (SSSR count). The number of nitrogens with zero attached hydrogens (tertiary/aromatic N) is 2.